The van der Waals surface area contributed by atoms with E-state index < -0.39 is 0 Å². The van der Waals surface area contributed by atoms with Crippen molar-refractivity contribution < 1.29 is 19.0 Å². The molecular weight excluding hydrogens is 244 g/mol. The fourth-order valence-corrected chi connectivity index (χ4v) is 1.48. The van der Waals surface area contributed by atoms with Gasteiger partial charge in [0.25, 0.3) is 0 Å². The molecule has 110 valence electrons. The van der Waals surface area contributed by atoms with Crippen LogP contribution in [0, 0.1) is 5.41 Å². The Balaban J connectivity index is 4.48. The van der Waals surface area contributed by atoms with Gasteiger partial charge in [-0.1, -0.05) is 26.0 Å². The molecule has 0 aliphatic carbocycles. The highest BCUT2D eigenvalue weighted by molar-refractivity contribution is 5.68. The Bertz CT molecular complexity index is 259. The second kappa shape index (κ2) is 10.8. The van der Waals surface area contributed by atoms with E-state index >= 15 is 0 Å². The Labute approximate surface area is 116 Å². The molecule has 4 nitrogen and oxygen atoms in total. The lowest BCUT2D eigenvalue weighted by Crippen LogP contribution is -2.37. The van der Waals surface area contributed by atoms with Gasteiger partial charge in [0.15, 0.2) is 0 Å². The summed E-state index contributed by atoms with van der Waals surface area (Å²) in [6.45, 7) is 13.3. The van der Waals surface area contributed by atoms with Crippen molar-refractivity contribution in [3.63, 3.8) is 0 Å². The van der Waals surface area contributed by atoms with Gasteiger partial charge in [-0.25, -0.2) is 0 Å². The summed E-state index contributed by atoms with van der Waals surface area (Å²) in [5, 5.41) is 0. The first-order valence-corrected chi connectivity index (χ1v) is 6.67. The first-order chi connectivity index (χ1) is 9.14. The summed E-state index contributed by atoms with van der Waals surface area (Å²) in [5.74, 6) is -0.203. The van der Waals surface area contributed by atoms with Crippen molar-refractivity contribution in [3.05, 3.63) is 25.3 Å². The molecule has 4 heteroatoms. The Hall–Kier alpha value is -1.13. The summed E-state index contributed by atoms with van der Waals surface area (Å²) in [5.41, 5.74) is -0.309. The normalized spacial score (nSPS) is 11.1. The van der Waals surface area contributed by atoms with Crippen LogP contribution in [0.2, 0.25) is 0 Å². The second-order valence-corrected chi connectivity index (χ2v) is 4.48. The highest BCUT2D eigenvalue weighted by Gasteiger charge is 2.31. The van der Waals surface area contributed by atoms with Crippen LogP contribution in [0.3, 0.4) is 0 Å². The summed E-state index contributed by atoms with van der Waals surface area (Å²) in [7, 11) is 0. The van der Waals surface area contributed by atoms with Crippen molar-refractivity contribution >= 4 is 5.97 Å². The van der Waals surface area contributed by atoms with Gasteiger partial charge < -0.3 is 14.2 Å². The number of esters is 1. The van der Waals surface area contributed by atoms with E-state index in [1.54, 1.807) is 19.1 Å². The molecule has 0 spiro atoms. The molecule has 0 bridgehead atoms. The van der Waals surface area contributed by atoms with Crippen molar-refractivity contribution in [3.8, 4) is 0 Å². The minimum absolute atomic E-state index is 0.203. The molecule has 0 fully saturated rings. The van der Waals surface area contributed by atoms with Gasteiger partial charge in [0.05, 0.1) is 31.8 Å². The van der Waals surface area contributed by atoms with E-state index in [4.69, 9.17) is 14.2 Å². The molecule has 0 aliphatic heterocycles. The van der Waals surface area contributed by atoms with E-state index in [1.165, 1.54) is 0 Å². The van der Waals surface area contributed by atoms with Gasteiger partial charge in [0, 0.05) is 6.42 Å². The molecule has 0 atom stereocenters. The van der Waals surface area contributed by atoms with Gasteiger partial charge in [0.2, 0.25) is 0 Å². The summed E-state index contributed by atoms with van der Waals surface area (Å²) < 4.78 is 16.3. The zero-order valence-electron chi connectivity index (χ0n) is 12.2. The molecule has 19 heavy (non-hydrogen) atoms. The van der Waals surface area contributed by atoms with Crippen LogP contribution >= 0.6 is 0 Å². The van der Waals surface area contributed by atoms with E-state index in [2.05, 4.69) is 13.2 Å². The third-order valence-corrected chi connectivity index (χ3v) is 2.87. The van der Waals surface area contributed by atoms with Crippen molar-refractivity contribution in [2.24, 2.45) is 5.41 Å². The molecule has 0 amide bonds. The largest absolute Gasteiger partial charge is 0.465 e. The molecule has 0 aliphatic rings. The van der Waals surface area contributed by atoms with E-state index in [0.717, 1.165) is 6.42 Å². The molecule has 0 saturated carbocycles. The van der Waals surface area contributed by atoms with E-state index in [-0.39, 0.29) is 11.4 Å². The second-order valence-electron chi connectivity index (χ2n) is 4.48. The van der Waals surface area contributed by atoms with Gasteiger partial charge in [-0.2, -0.15) is 0 Å². The molecule has 0 heterocycles. The van der Waals surface area contributed by atoms with Crippen molar-refractivity contribution in [1.82, 2.24) is 0 Å². The van der Waals surface area contributed by atoms with E-state index in [9.17, 15) is 4.79 Å². The first kappa shape index (κ1) is 17.9. The van der Waals surface area contributed by atoms with Crippen LogP contribution in [-0.2, 0) is 19.0 Å². The average molecular weight is 270 g/mol. The predicted molar refractivity (Wildman–Crippen MR) is 76.0 cm³/mol. The van der Waals surface area contributed by atoms with Crippen LogP contribution in [0.15, 0.2) is 25.3 Å². The topological polar surface area (TPSA) is 44.8 Å². The van der Waals surface area contributed by atoms with Crippen LogP contribution < -0.4 is 0 Å². The number of carbonyl (C=O) groups excluding carboxylic acids is 1. The van der Waals surface area contributed by atoms with Crippen LogP contribution in [0.25, 0.3) is 0 Å². The summed E-state index contributed by atoms with van der Waals surface area (Å²) in [4.78, 5) is 11.3. The van der Waals surface area contributed by atoms with E-state index in [1.807, 2.05) is 6.92 Å². The smallest absolute Gasteiger partial charge is 0.305 e. The molecule has 0 unspecified atom stereocenters. The lowest BCUT2D eigenvalue weighted by Gasteiger charge is -2.31. The number of hydrogen-bond donors (Lipinski definition) is 0. The minimum atomic E-state index is -0.309. The van der Waals surface area contributed by atoms with Gasteiger partial charge in [-0.05, 0) is 6.42 Å². The predicted octanol–water partition coefficient (Wildman–Crippen LogP) is 2.74. The molecular formula is C15H26O4. The fraction of sp³-hybridized carbons (Fsp3) is 0.667. The monoisotopic (exact) mass is 270 g/mol. The summed E-state index contributed by atoms with van der Waals surface area (Å²) in [6, 6.07) is 0. The molecule has 0 aromatic rings. The first-order valence-electron chi connectivity index (χ1n) is 6.67. The Morgan fingerprint density at radius 2 is 1.58 bits per heavy atom. The maximum atomic E-state index is 11.3. The molecule has 0 saturated heterocycles. The molecule has 0 aromatic carbocycles. The van der Waals surface area contributed by atoms with Gasteiger partial charge in [-0.15, -0.1) is 13.2 Å². The number of ether oxygens (including phenoxy) is 3. The van der Waals surface area contributed by atoms with Crippen LogP contribution in [-0.4, -0.2) is 39.0 Å². The van der Waals surface area contributed by atoms with Crippen LogP contribution in [0.5, 0.6) is 0 Å². The molecule has 0 aromatic heterocycles. The number of rotatable bonds is 12. The Morgan fingerprint density at radius 1 is 1.05 bits per heavy atom. The fourth-order valence-electron chi connectivity index (χ4n) is 1.48. The molecule has 0 radical (unpaired) electrons. The van der Waals surface area contributed by atoms with Crippen molar-refractivity contribution in [1.29, 1.82) is 0 Å². The van der Waals surface area contributed by atoms with Gasteiger partial charge in [-0.3, -0.25) is 4.79 Å². The maximum Gasteiger partial charge on any atom is 0.305 e. The number of hydrogen-bond acceptors (Lipinski definition) is 4. The van der Waals surface area contributed by atoms with Gasteiger partial charge >= 0.3 is 5.97 Å². The summed E-state index contributed by atoms with van der Waals surface area (Å²) in [6.07, 6.45) is 4.57. The van der Waals surface area contributed by atoms with Crippen molar-refractivity contribution in [2.45, 2.75) is 26.7 Å². The lowest BCUT2D eigenvalue weighted by molar-refractivity contribution is -0.151. The zero-order chi connectivity index (χ0) is 14.6. The van der Waals surface area contributed by atoms with Crippen molar-refractivity contribution in [2.75, 3.05) is 33.0 Å². The molecule has 0 rings (SSSR count). The van der Waals surface area contributed by atoms with Gasteiger partial charge in [0.1, 0.15) is 6.61 Å². The quantitative estimate of drug-likeness (QED) is 0.311. The standard InChI is InChI=1S/C15H26O4/c1-5-9-17-11-15(8-4,12-18-10-6-2)13-19-14(16)7-3/h5-6H,1-2,7-13H2,3-4H3. The minimum Gasteiger partial charge on any atom is -0.465 e. The lowest BCUT2D eigenvalue weighted by atomic mass is 9.88. The summed E-state index contributed by atoms with van der Waals surface area (Å²) >= 11 is 0. The highest BCUT2D eigenvalue weighted by Crippen LogP contribution is 2.24. The Kier molecular flexibility index (Phi) is 10.1. The zero-order valence-corrected chi connectivity index (χ0v) is 12.2. The third kappa shape index (κ3) is 7.80. The number of carbonyl (C=O) groups is 1. The Morgan fingerprint density at radius 3 is 1.95 bits per heavy atom. The molecule has 0 N–H and O–H groups in total. The van der Waals surface area contributed by atoms with Crippen LogP contribution in [0.1, 0.15) is 26.7 Å². The SMILES string of the molecule is C=CCOCC(CC)(COCC=C)COC(=O)CC. The van der Waals surface area contributed by atoms with E-state index in [0.29, 0.717) is 39.5 Å². The van der Waals surface area contributed by atoms with Crippen LogP contribution in [0.4, 0.5) is 0 Å². The maximum absolute atomic E-state index is 11.3. The average Bonchev–Trinajstić information content (AvgIpc) is 2.44. The third-order valence-electron chi connectivity index (χ3n) is 2.87. The highest BCUT2D eigenvalue weighted by atomic mass is 16.5.